The van der Waals surface area contributed by atoms with Crippen LogP contribution in [-0.4, -0.2) is 15.0 Å². The van der Waals surface area contributed by atoms with Gasteiger partial charge in [0.05, 0.1) is 11.7 Å². The van der Waals surface area contributed by atoms with Crippen LogP contribution in [-0.2, 0) is 12.0 Å². The molecule has 0 spiro atoms. The monoisotopic (exact) mass is 282 g/mol. The van der Waals surface area contributed by atoms with Gasteiger partial charge in [-0.15, -0.1) is 0 Å². The Balaban J connectivity index is 1.73. The van der Waals surface area contributed by atoms with E-state index in [1.165, 1.54) is 5.56 Å². The maximum absolute atomic E-state index is 6.28. The van der Waals surface area contributed by atoms with E-state index in [0.717, 1.165) is 48.3 Å². The molecule has 1 saturated carbocycles. The SMILES string of the molecule is CCc1ccc2oc(-c3cnc(C4(N)CCC4)[nH]3)nc2c1. The van der Waals surface area contributed by atoms with Crippen molar-refractivity contribution < 1.29 is 4.42 Å². The van der Waals surface area contributed by atoms with Gasteiger partial charge in [0.25, 0.3) is 0 Å². The predicted octanol–water partition coefficient (Wildman–Crippen LogP) is 3.12. The van der Waals surface area contributed by atoms with Crippen LogP contribution >= 0.6 is 0 Å². The molecule has 0 saturated heterocycles. The van der Waals surface area contributed by atoms with Crippen molar-refractivity contribution in [1.82, 2.24) is 15.0 Å². The van der Waals surface area contributed by atoms with Crippen molar-refractivity contribution in [1.29, 1.82) is 0 Å². The lowest BCUT2D eigenvalue weighted by Crippen LogP contribution is -2.44. The average molecular weight is 282 g/mol. The molecule has 0 radical (unpaired) electrons. The third-order valence-electron chi connectivity index (χ3n) is 4.38. The van der Waals surface area contributed by atoms with E-state index in [-0.39, 0.29) is 5.54 Å². The van der Waals surface area contributed by atoms with E-state index >= 15 is 0 Å². The number of benzene rings is 1. The summed E-state index contributed by atoms with van der Waals surface area (Å²) in [5, 5.41) is 0. The van der Waals surface area contributed by atoms with Crippen LogP contribution in [0.2, 0.25) is 0 Å². The molecule has 5 heteroatoms. The molecular weight excluding hydrogens is 264 g/mol. The van der Waals surface area contributed by atoms with Crippen molar-refractivity contribution in [3.05, 3.63) is 35.8 Å². The molecule has 108 valence electrons. The Morgan fingerprint density at radius 2 is 2.24 bits per heavy atom. The molecule has 0 unspecified atom stereocenters. The minimum Gasteiger partial charge on any atom is -0.435 e. The fraction of sp³-hybridized carbons (Fsp3) is 0.375. The number of hydrogen-bond acceptors (Lipinski definition) is 4. The van der Waals surface area contributed by atoms with E-state index in [1.54, 1.807) is 6.20 Å². The van der Waals surface area contributed by atoms with Crippen LogP contribution in [0.15, 0.2) is 28.8 Å². The summed E-state index contributed by atoms with van der Waals surface area (Å²) in [6.45, 7) is 2.13. The number of H-pyrrole nitrogens is 1. The zero-order valence-corrected chi connectivity index (χ0v) is 12.0. The van der Waals surface area contributed by atoms with Crippen LogP contribution in [0.5, 0.6) is 0 Å². The Morgan fingerprint density at radius 3 is 2.95 bits per heavy atom. The number of nitrogens with two attached hydrogens (primary N) is 1. The number of aromatic nitrogens is 3. The predicted molar refractivity (Wildman–Crippen MR) is 80.7 cm³/mol. The largest absolute Gasteiger partial charge is 0.435 e. The summed E-state index contributed by atoms with van der Waals surface area (Å²) in [6, 6.07) is 6.10. The normalized spacial score (nSPS) is 17.0. The van der Waals surface area contributed by atoms with E-state index in [2.05, 4.69) is 34.0 Å². The highest BCUT2D eigenvalue weighted by atomic mass is 16.3. The number of nitrogens with zero attached hydrogens (tertiary/aromatic N) is 2. The molecule has 0 amide bonds. The number of rotatable bonds is 3. The average Bonchev–Trinajstić information content (AvgIpc) is 3.10. The minimum absolute atomic E-state index is 0.292. The minimum atomic E-state index is -0.292. The smallest absolute Gasteiger partial charge is 0.245 e. The molecule has 2 aromatic heterocycles. The molecule has 3 aromatic rings. The molecule has 1 aliphatic rings. The van der Waals surface area contributed by atoms with Crippen LogP contribution in [0.4, 0.5) is 0 Å². The molecule has 0 aliphatic heterocycles. The van der Waals surface area contributed by atoms with Crippen molar-refractivity contribution in [2.75, 3.05) is 0 Å². The molecule has 0 bridgehead atoms. The Morgan fingerprint density at radius 1 is 1.38 bits per heavy atom. The molecule has 1 aliphatic carbocycles. The van der Waals surface area contributed by atoms with Gasteiger partial charge < -0.3 is 15.1 Å². The van der Waals surface area contributed by atoms with Gasteiger partial charge in [0.1, 0.15) is 17.0 Å². The molecule has 21 heavy (non-hydrogen) atoms. The summed E-state index contributed by atoms with van der Waals surface area (Å²) in [5.74, 6) is 1.40. The zero-order chi connectivity index (χ0) is 14.4. The van der Waals surface area contributed by atoms with E-state index in [9.17, 15) is 0 Å². The summed E-state index contributed by atoms with van der Waals surface area (Å²) in [7, 11) is 0. The molecule has 5 nitrogen and oxygen atoms in total. The third-order valence-corrected chi connectivity index (χ3v) is 4.38. The second-order valence-electron chi connectivity index (χ2n) is 5.83. The first-order chi connectivity index (χ1) is 10.2. The number of imidazole rings is 1. The summed E-state index contributed by atoms with van der Waals surface area (Å²) in [5.41, 5.74) is 9.71. The number of aromatic amines is 1. The van der Waals surface area contributed by atoms with Gasteiger partial charge in [0.15, 0.2) is 5.58 Å². The van der Waals surface area contributed by atoms with Crippen LogP contribution < -0.4 is 5.73 Å². The lowest BCUT2D eigenvalue weighted by molar-refractivity contribution is 0.240. The van der Waals surface area contributed by atoms with Gasteiger partial charge in [-0.1, -0.05) is 13.0 Å². The maximum Gasteiger partial charge on any atom is 0.245 e. The molecule has 4 rings (SSSR count). The first kappa shape index (κ1) is 12.6. The van der Waals surface area contributed by atoms with E-state index in [1.807, 2.05) is 6.07 Å². The van der Waals surface area contributed by atoms with E-state index < -0.39 is 0 Å². The van der Waals surface area contributed by atoms with Gasteiger partial charge >= 0.3 is 0 Å². The number of hydrogen-bond donors (Lipinski definition) is 2. The lowest BCUT2D eigenvalue weighted by atomic mass is 9.77. The maximum atomic E-state index is 6.28. The van der Waals surface area contributed by atoms with Crippen molar-refractivity contribution in [2.45, 2.75) is 38.1 Å². The summed E-state index contributed by atoms with van der Waals surface area (Å²) >= 11 is 0. The highest BCUT2D eigenvalue weighted by molar-refractivity contribution is 5.76. The van der Waals surface area contributed by atoms with Crippen LogP contribution in [0.3, 0.4) is 0 Å². The molecule has 1 fully saturated rings. The number of nitrogens with one attached hydrogen (secondary N) is 1. The Kier molecular flexibility index (Phi) is 2.65. The fourth-order valence-electron chi connectivity index (χ4n) is 2.79. The molecule has 1 aromatic carbocycles. The summed E-state index contributed by atoms with van der Waals surface area (Å²) < 4.78 is 5.81. The second kappa shape index (κ2) is 4.43. The van der Waals surface area contributed by atoms with Gasteiger partial charge in [0.2, 0.25) is 5.89 Å². The standard InChI is InChI=1S/C16H18N4O/c1-2-10-4-5-13-11(8-10)19-14(21-13)12-9-18-15(20-12)16(17)6-3-7-16/h4-5,8-9H,2-3,6-7,17H2,1H3,(H,18,20). The van der Waals surface area contributed by atoms with E-state index in [0.29, 0.717) is 5.89 Å². The molecule has 3 N–H and O–H groups in total. The quantitative estimate of drug-likeness (QED) is 0.773. The molecule has 0 atom stereocenters. The van der Waals surface area contributed by atoms with Gasteiger partial charge in [-0.2, -0.15) is 0 Å². The highest BCUT2D eigenvalue weighted by Gasteiger charge is 2.37. The molecular formula is C16H18N4O. The van der Waals surface area contributed by atoms with Crippen molar-refractivity contribution in [2.24, 2.45) is 5.73 Å². The fourth-order valence-corrected chi connectivity index (χ4v) is 2.79. The van der Waals surface area contributed by atoms with Gasteiger partial charge in [-0.3, -0.25) is 0 Å². The highest BCUT2D eigenvalue weighted by Crippen LogP contribution is 2.37. The van der Waals surface area contributed by atoms with Crippen molar-refractivity contribution in [3.8, 4) is 11.6 Å². The number of fused-ring (bicyclic) bond motifs is 1. The van der Waals surface area contributed by atoms with Crippen molar-refractivity contribution >= 4 is 11.1 Å². The van der Waals surface area contributed by atoms with Gasteiger partial charge in [0, 0.05) is 0 Å². The topological polar surface area (TPSA) is 80.7 Å². The lowest BCUT2D eigenvalue weighted by Gasteiger charge is -2.35. The first-order valence-corrected chi connectivity index (χ1v) is 7.42. The van der Waals surface area contributed by atoms with E-state index in [4.69, 9.17) is 10.2 Å². The zero-order valence-electron chi connectivity index (χ0n) is 12.0. The summed E-state index contributed by atoms with van der Waals surface area (Å²) in [6.07, 6.45) is 5.87. The third kappa shape index (κ3) is 1.96. The van der Waals surface area contributed by atoms with Crippen molar-refractivity contribution in [3.63, 3.8) is 0 Å². The molecule has 2 heterocycles. The Labute approximate surface area is 122 Å². The summed E-state index contributed by atoms with van der Waals surface area (Å²) in [4.78, 5) is 12.2. The first-order valence-electron chi connectivity index (χ1n) is 7.42. The Hall–Kier alpha value is -2.14. The number of oxazole rings is 1. The van der Waals surface area contributed by atoms with Gasteiger partial charge in [-0.25, -0.2) is 9.97 Å². The van der Waals surface area contributed by atoms with Crippen LogP contribution in [0.1, 0.15) is 37.6 Å². The van der Waals surface area contributed by atoms with Gasteiger partial charge in [-0.05, 0) is 43.4 Å². The Bertz CT molecular complexity index is 798. The number of aryl methyl sites for hydroxylation is 1. The second-order valence-corrected chi connectivity index (χ2v) is 5.83. The van der Waals surface area contributed by atoms with Crippen LogP contribution in [0, 0.1) is 0 Å². The van der Waals surface area contributed by atoms with Crippen LogP contribution in [0.25, 0.3) is 22.7 Å².